The summed E-state index contributed by atoms with van der Waals surface area (Å²) in [5.74, 6) is -0.288. The Kier molecular flexibility index (Phi) is 5.93. The number of ether oxygens (including phenoxy) is 1. The molecule has 1 aromatic carbocycles. The molecule has 0 aliphatic carbocycles. The minimum absolute atomic E-state index is 0. The van der Waals surface area contributed by atoms with Crippen LogP contribution in [0.1, 0.15) is 10.4 Å². The average molecular weight is 291 g/mol. The predicted molar refractivity (Wildman–Crippen MR) is 71.4 cm³/mol. The standard InChI is InChI=1S/C11H7ClN2O2S.Na.H/c12-8-3-1-7(2-4-8)6-16-11-14-10(15)9(5-13)17-11;;/h1-4,15H,6H2;;. The van der Waals surface area contributed by atoms with Gasteiger partial charge in [0.25, 0.3) is 5.19 Å². The Balaban J connectivity index is 0.00000162. The fraction of sp³-hybridized carbons (Fsp3) is 0.0909. The van der Waals surface area contributed by atoms with Crippen LogP contribution in [0.15, 0.2) is 24.3 Å². The summed E-state index contributed by atoms with van der Waals surface area (Å²) in [5, 5.41) is 18.8. The van der Waals surface area contributed by atoms with Gasteiger partial charge in [0.15, 0.2) is 4.88 Å². The van der Waals surface area contributed by atoms with E-state index in [-0.39, 0.29) is 45.5 Å². The van der Waals surface area contributed by atoms with Gasteiger partial charge in [0.05, 0.1) is 0 Å². The van der Waals surface area contributed by atoms with Crippen molar-refractivity contribution in [3.63, 3.8) is 0 Å². The normalized spacial score (nSPS) is 9.33. The molecule has 2 aromatic rings. The molecule has 0 saturated carbocycles. The molecule has 88 valence electrons. The average Bonchev–Trinajstić information content (AvgIpc) is 2.69. The maximum absolute atomic E-state index is 9.24. The molecule has 0 aliphatic heterocycles. The molecule has 0 saturated heterocycles. The second kappa shape index (κ2) is 6.98. The molecule has 2 rings (SSSR count). The zero-order chi connectivity index (χ0) is 12.3. The van der Waals surface area contributed by atoms with Crippen molar-refractivity contribution >= 4 is 52.5 Å². The molecule has 4 nitrogen and oxygen atoms in total. The molecule has 0 amide bonds. The summed E-state index contributed by atoms with van der Waals surface area (Å²) in [4.78, 5) is 3.87. The van der Waals surface area contributed by atoms with E-state index in [9.17, 15) is 5.11 Å². The van der Waals surface area contributed by atoms with Crippen LogP contribution < -0.4 is 4.74 Å². The van der Waals surface area contributed by atoms with E-state index in [1.54, 1.807) is 12.1 Å². The molecule has 0 spiro atoms. The van der Waals surface area contributed by atoms with Crippen LogP contribution in [0.25, 0.3) is 0 Å². The van der Waals surface area contributed by atoms with Crippen LogP contribution in [0.4, 0.5) is 0 Å². The van der Waals surface area contributed by atoms with Gasteiger partial charge in [-0.25, -0.2) is 0 Å². The van der Waals surface area contributed by atoms with Crippen LogP contribution in [0.2, 0.25) is 5.02 Å². The summed E-state index contributed by atoms with van der Waals surface area (Å²) in [6, 6.07) is 9.03. The van der Waals surface area contributed by atoms with E-state index < -0.39 is 0 Å². The third-order valence-electron chi connectivity index (χ3n) is 1.97. The van der Waals surface area contributed by atoms with Crippen LogP contribution >= 0.6 is 22.9 Å². The van der Waals surface area contributed by atoms with Gasteiger partial charge in [-0.3, -0.25) is 0 Å². The number of hydrogen-bond donors (Lipinski definition) is 1. The first-order valence-electron chi connectivity index (χ1n) is 4.66. The summed E-state index contributed by atoms with van der Waals surface area (Å²) in [7, 11) is 0. The Labute approximate surface area is 135 Å². The number of aromatic nitrogens is 1. The first-order valence-corrected chi connectivity index (χ1v) is 5.85. The zero-order valence-corrected chi connectivity index (χ0v) is 10.1. The Morgan fingerprint density at radius 2 is 2.06 bits per heavy atom. The van der Waals surface area contributed by atoms with E-state index in [1.807, 2.05) is 18.2 Å². The van der Waals surface area contributed by atoms with Crippen LogP contribution in [0.5, 0.6) is 11.1 Å². The number of hydrogen-bond acceptors (Lipinski definition) is 5. The first-order chi connectivity index (χ1) is 8.19. The molecule has 7 heteroatoms. The molecule has 18 heavy (non-hydrogen) atoms. The van der Waals surface area contributed by atoms with E-state index >= 15 is 0 Å². The Bertz CT molecular complexity index is 565. The molecule has 0 radical (unpaired) electrons. The number of benzene rings is 1. The van der Waals surface area contributed by atoms with Crippen LogP contribution in [0, 0.1) is 11.3 Å². The summed E-state index contributed by atoms with van der Waals surface area (Å²) >= 11 is 6.76. The maximum atomic E-state index is 9.24. The van der Waals surface area contributed by atoms with Gasteiger partial charge in [0.1, 0.15) is 12.7 Å². The van der Waals surface area contributed by atoms with Gasteiger partial charge in [-0.2, -0.15) is 10.2 Å². The minimum atomic E-state index is -0.288. The van der Waals surface area contributed by atoms with E-state index in [2.05, 4.69) is 4.98 Å². The molecule has 0 bridgehead atoms. The van der Waals surface area contributed by atoms with Gasteiger partial charge in [-0.15, -0.1) is 0 Å². The summed E-state index contributed by atoms with van der Waals surface area (Å²) in [5.41, 5.74) is 0.933. The van der Waals surface area contributed by atoms with Gasteiger partial charge >= 0.3 is 29.6 Å². The Morgan fingerprint density at radius 3 is 2.61 bits per heavy atom. The molecule has 1 heterocycles. The van der Waals surface area contributed by atoms with E-state index in [0.717, 1.165) is 16.9 Å². The van der Waals surface area contributed by atoms with Crippen LogP contribution in [0.3, 0.4) is 0 Å². The van der Waals surface area contributed by atoms with Crippen molar-refractivity contribution in [1.82, 2.24) is 4.98 Å². The summed E-state index contributed by atoms with van der Waals surface area (Å²) in [6.45, 7) is 0.314. The van der Waals surface area contributed by atoms with Crippen molar-refractivity contribution in [3.05, 3.63) is 39.7 Å². The number of nitriles is 1. The SMILES string of the molecule is N#Cc1sc(OCc2ccc(Cl)cc2)nc1O.[NaH]. The topological polar surface area (TPSA) is 66.1 Å². The zero-order valence-electron chi connectivity index (χ0n) is 8.55. The van der Waals surface area contributed by atoms with Crippen molar-refractivity contribution < 1.29 is 9.84 Å². The van der Waals surface area contributed by atoms with Gasteiger partial charge in [0, 0.05) is 5.02 Å². The van der Waals surface area contributed by atoms with Crippen LogP contribution in [-0.4, -0.2) is 39.6 Å². The van der Waals surface area contributed by atoms with Crippen LogP contribution in [-0.2, 0) is 6.61 Å². The fourth-order valence-electron chi connectivity index (χ4n) is 1.15. The monoisotopic (exact) mass is 290 g/mol. The first kappa shape index (κ1) is 15.3. The molecular weight excluding hydrogens is 283 g/mol. The molecule has 1 N–H and O–H groups in total. The predicted octanol–water partition coefficient (Wildman–Crippen LogP) is 2.30. The summed E-state index contributed by atoms with van der Waals surface area (Å²) < 4.78 is 5.35. The number of rotatable bonds is 3. The summed E-state index contributed by atoms with van der Waals surface area (Å²) in [6.07, 6.45) is 0. The number of thiazole rings is 1. The molecule has 0 unspecified atom stereocenters. The molecular formula is C11H8ClN2NaO2S. The van der Waals surface area contributed by atoms with Gasteiger partial charge in [0.2, 0.25) is 5.88 Å². The van der Waals surface area contributed by atoms with E-state index in [4.69, 9.17) is 21.6 Å². The second-order valence-corrected chi connectivity index (χ2v) is 4.56. The van der Waals surface area contributed by atoms with Gasteiger partial charge < -0.3 is 9.84 Å². The number of aromatic hydroxyl groups is 1. The molecule has 0 atom stereocenters. The van der Waals surface area contributed by atoms with Crippen molar-refractivity contribution in [3.8, 4) is 17.1 Å². The quantitative estimate of drug-likeness (QED) is 0.881. The third kappa shape index (κ3) is 3.87. The van der Waals surface area contributed by atoms with Crippen molar-refractivity contribution in [2.75, 3.05) is 0 Å². The fourth-order valence-corrected chi connectivity index (χ4v) is 1.89. The van der Waals surface area contributed by atoms with Crippen molar-refractivity contribution in [2.45, 2.75) is 6.61 Å². The molecule has 0 fully saturated rings. The molecule has 0 aliphatic rings. The van der Waals surface area contributed by atoms with E-state index in [0.29, 0.717) is 11.6 Å². The van der Waals surface area contributed by atoms with Crippen molar-refractivity contribution in [1.29, 1.82) is 5.26 Å². The number of halogens is 1. The Hall–Kier alpha value is -0.770. The molecule has 1 aromatic heterocycles. The third-order valence-corrected chi connectivity index (χ3v) is 3.08. The number of nitrogens with zero attached hydrogens (tertiary/aromatic N) is 2. The van der Waals surface area contributed by atoms with Gasteiger partial charge in [-0.1, -0.05) is 35.1 Å². The van der Waals surface area contributed by atoms with Crippen molar-refractivity contribution in [2.24, 2.45) is 0 Å². The second-order valence-electron chi connectivity index (χ2n) is 3.16. The van der Waals surface area contributed by atoms with E-state index in [1.165, 1.54) is 0 Å². The Morgan fingerprint density at radius 1 is 1.39 bits per heavy atom. The van der Waals surface area contributed by atoms with Gasteiger partial charge in [-0.05, 0) is 17.7 Å².